The number of carbonyl (C=O) groups is 3. The van der Waals surface area contributed by atoms with Crippen LogP contribution >= 0.6 is 11.6 Å². The summed E-state index contributed by atoms with van der Waals surface area (Å²) in [6.07, 6.45) is 1.64. The van der Waals surface area contributed by atoms with E-state index >= 15 is 0 Å². The number of hydrogen-bond donors (Lipinski definition) is 1. The molecule has 0 heterocycles. The van der Waals surface area contributed by atoms with Crippen LogP contribution in [0.4, 0.5) is 5.69 Å². The van der Waals surface area contributed by atoms with Crippen molar-refractivity contribution in [3.63, 3.8) is 0 Å². The molecule has 2 aromatic rings. The van der Waals surface area contributed by atoms with Crippen LogP contribution in [0.1, 0.15) is 40.5 Å². The SMILES string of the molecule is CCCCOC(=O)c1cc(NC(=O)COC(=O)c2cccc(OC)c2)ccc1Cl. The third-order valence-electron chi connectivity index (χ3n) is 3.84. The number of unbranched alkanes of at least 4 members (excludes halogenated alkanes) is 1. The lowest BCUT2D eigenvalue weighted by Gasteiger charge is -2.10. The van der Waals surface area contributed by atoms with Crippen LogP contribution in [-0.4, -0.2) is 38.2 Å². The Balaban J connectivity index is 1.93. The second-order valence-corrected chi connectivity index (χ2v) is 6.45. The lowest BCUT2D eigenvalue weighted by Crippen LogP contribution is -2.21. The van der Waals surface area contributed by atoms with Crippen molar-refractivity contribution < 1.29 is 28.6 Å². The summed E-state index contributed by atoms with van der Waals surface area (Å²) in [7, 11) is 1.48. The highest BCUT2D eigenvalue weighted by molar-refractivity contribution is 6.33. The van der Waals surface area contributed by atoms with E-state index in [1.165, 1.54) is 31.4 Å². The first kappa shape index (κ1) is 22.2. The molecular weight excluding hydrogens is 398 g/mol. The molecule has 0 aliphatic heterocycles. The van der Waals surface area contributed by atoms with Gasteiger partial charge in [-0.15, -0.1) is 0 Å². The molecule has 2 rings (SSSR count). The Labute approximate surface area is 173 Å². The number of hydrogen-bond acceptors (Lipinski definition) is 6. The highest BCUT2D eigenvalue weighted by Crippen LogP contribution is 2.22. The van der Waals surface area contributed by atoms with E-state index in [-0.39, 0.29) is 16.1 Å². The van der Waals surface area contributed by atoms with Gasteiger partial charge in [0, 0.05) is 5.69 Å². The number of halogens is 1. The Hall–Kier alpha value is -3.06. The van der Waals surface area contributed by atoms with E-state index in [0.29, 0.717) is 18.0 Å². The Morgan fingerprint density at radius 1 is 1.03 bits per heavy atom. The molecule has 0 atom stereocenters. The largest absolute Gasteiger partial charge is 0.497 e. The fraction of sp³-hybridized carbons (Fsp3) is 0.286. The maximum absolute atomic E-state index is 12.1. The summed E-state index contributed by atoms with van der Waals surface area (Å²) in [5.41, 5.74) is 0.744. The molecule has 0 bridgehead atoms. The third-order valence-corrected chi connectivity index (χ3v) is 4.17. The molecule has 0 aromatic heterocycles. The van der Waals surface area contributed by atoms with Crippen LogP contribution in [0.25, 0.3) is 0 Å². The van der Waals surface area contributed by atoms with Crippen LogP contribution in [0.15, 0.2) is 42.5 Å². The van der Waals surface area contributed by atoms with Gasteiger partial charge < -0.3 is 19.5 Å². The number of amides is 1. The highest BCUT2D eigenvalue weighted by atomic mass is 35.5. The standard InChI is InChI=1S/C21H22ClNO6/c1-3-4-10-28-21(26)17-12-15(8-9-18(17)22)23-19(24)13-29-20(25)14-6-5-7-16(11-14)27-2/h5-9,11-12H,3-4,10,13H2,1-2H3,(H,23,24). The molecule has 2 aromatic carbocycles. The first-order valence-corrected chi connectivity index (χ1v) is 9.40. The highest BCUT2D eigenvalue weighted by Gasteiger charge is 2.15. The second kappa shape index (κ2) is 11.1. The van der Waals surface area contributed by atoms with Crippen LogP contribution in [-0.2, 0) is 14.3 Å². The number of ether oxygens (including phenoxy) is 3. The van der Waals surface area contributed by atoms with Crippen molar-refractivity contribution in [1.82, 2.24) is 0 Å². The Morgan fingerprint density at radius 2 is 1.83 bits per heavy atom. The first-order valence-electron chi connectivity index (χ1n) is 9.02. The van der Waals surface area contributed by atoms with Crippen molar-refractivity contribution in [2.75, 3.05) is 25.6 Å². The van der Waals surface area contributed by atoms with Gasteiger partial charge in [0.15, 0.2) is 6.61 Å². The summed E-state index contributed by atoms with van der Waals surface area (Å²) >= 11 is 6.04. The fourth-order valence-electron chi connectivity index (χ4n) is 2.31. The molecule has 0 aliphatic rings. The molecule has 0 spiro atoms. The van der Waals surface area contributed by atoms with Gasteiger partial charge in [0.25, 0.3) is 5.91 Å². The Morgan fingerprint density at radius 3 is 2.55 bits per heavy atom. The molecule has 8 heteroatoms. The van der Waals surface area contributed by atoms with Gasteiger partial charge in [0.1, 0.15) is 5.75 Å². The predicted octanol–water partition coefficient (Wildman–Crippen LogP) is 4.10. The Kier molecular flexibility index (Phi) is 8.48. The number of esters is 2. The monoisotopic (exact) mass is 419 g/mol. The zero-order valence-electron chi connectivity index (χ0n) is 16.2. The predicted molar refractivity (Wildman–Crippen MR) is 109 cm³/mol. The number of benzene rings is 2. The van der Waals surface area contributed by atoms with Gasteiger partial charge in [-0.25, -0.2) is 9.59 Å². The quantitative estimate of drug-likeness (QED) is 0.486. The third kappa shape index (κ3) is 6.80. The van der Waals surface area contributed by atoms with Crippen LogP contribution in [0, 0.1) is 0 Å². The molecule has 0 saturated carbocycles. The van der Waals surface area contributed by atoms with Gasteiger partial charge in [-0.1, -0.05) is 31.0 Å². The molecule has 0 saturated heterocycles. The van der Waals surface area contributed by atoms with E-state index in [9.17, 15) is 14.4 Å². The zero-order valence-corrected chi connectivity index (χ0v) is 17.0. The summed E-state index contributed by atoms with van der Waals surface area (Å²) < 4.78 is 15.2. The summed E-state index contributed by atoms with van der Waals surface area (Å²) in [5.74, 6) is -1.28. The van der Waals surface area contributed by atoms with E-state index in [1.54, 1.807) is 18.2 Å². The number of anilines is 1. The van der Waals surface area contributed by atoms with E-state index in [1.807, 2.05) is 6.92 Å². The van der Waals surface area contributed by atoms with Crippen molar-refractivity contribution in [3.8, 4) is 5.75 Å². The van der Waals surface area contributed by atoms with Gasteiger partial charge in [-0.3, -0.25) is 4.79 Å². The summed E-state index contributed by atoms with van der Waals surface area (Å²) in [4.78, 5) is 36.2. The van der Waals surface area contributed by atoms with Crippen LogP contribution in [0.2, 0.25) is 5.02 Å². The van der Waals surface area contributed by atoms with Crippen LogP contribution < -0.4 is 10.1 Å². The van der Waals surface area contributed by atoms with Gasteiger partial charge in [0.05, 0.1) is 29.9 Å². The maximum Gasteiger partial charge on any atom is 0.339 e. The van der Waals surface area contributed by atoms with Crippen LogP contribution in [0.5, 0.6) is 5.75 Å². The van der Waals surface area contributed by atoms with Crippen molar-refractivity contribution in [1.29, 1.82) is 0 Å². The molecule has 0 fully saturated rings. The van der Waals surface area contributed by atoms with E-state index in [2.05, 4.69) is 5.32 Å². The number of rotatable bonds is 9. The molecular formula is C21H22ClNO6. The molecule has 29 heavy (non-hydrogen) atoms. The number of carbonyl (C=O) groups excluding carboxylic acids is 3. The first-order chi connectivity index (χ1) is 13.9. The van der Waals surface area contributed by atoms with Gasteiger partial charge in [-0.05, 0) is 42.8 Å². The van der Waals surface area contributed by atoms with E-state index < -0.39 is 24.5 Å². The smallest absolute Gasteiger partial charge is 0.339 e. The molecule has 0 aliphatic carbocycles. The normalized spacial score (nSPS) is 10.2. The molecule has 0 unspecified atom stereocenters. The van der Waals surface area contributed by atoms with Crippen molar-refractivity contribution in [2.45, 2.75) is 19.8 Å². The average molecular weight is 420 g/mol. The summed E-state index contributed by atoms with van der Waals surface area (Å²) in [6.45, 7) is 1.79. The van der Waals surface area contributed by atoms with E-state index in [0.717, 1.165) is 12.8 Å². The maximum atomic E-state index is 12.1. The van der Waals surface area contributed by atoms with Crippen LogP contribution in [0.3, 0.4) is 0 Å². The van der Waals surface area contributed by atoms with Crippen molar-refractivity contribution >= 4 is 35.1 Å². The second-order valence-electron chi connectivity index (χ2n) is 6.04. The van der Waals surface area contributed by atoms with Gasteiger partial charge in [0.2, 0.25) is 0 Å². The minimum atomic E-state index is -0.657. The Bertz CT molecular complexity index is 883. The number of nitrogens with one attached hydrogen (secondary N) is 1. The topological polar surface area (TPSA) is 90.9 Å². The molecule has 1 amide bonds. The van der Waals surface area contributed by atoms with Crippen molar-refractivity contribution in [3.05, 3.63) is 58.6 Å². The molecule has 154 valence electrons. The lowest BCUT2D eigenvalue weighted by atomic mass is 10.2. The van der Waals surface area contributed by atoms with Gasteiger partial charge >= 0.3 is 11.9 Å². The zero-order chi connectivity index (χ0) is 21.2. The number of methoxy groups -OCH3 is 1. The minimum Gasteiger partial charge on any atom is -0.497 e. The van der Waals surface area contributed by atoms with Crippen molar-refractivity contribution in [2.24, 2.45) is 0 Å². The molecule has 0 radical (unpaired) electrons. The minimum absolute atomic E-state index is 0.147. The average Bonchev–Trinajstić information content (AvgIpc) is 2.73. The summed E-state index contributed by atoms with van der Waals surface area (Å²) in [5, 5.41) is 2.77. The summed E-state index contributed by atoms with van der Waals surface area (Å²) in [6, 6.07) is 10.8. The molecule has 7 nitrogen and oxygen atoms in total. The molecule has 1 N–H and O–H groups in total. The lowest BCUT2D eigenvalue weighted by molar-refractivity contribution is -0.119. The van der Waals surface area contributed by atoms with E-state index in [4.69, 9.17) is 25.8 Å². The van der Waals surface area contributed by atoms with Gasteiger partial charge in [-0.2, -0.15) is 0 Å². The fourth-order valence-corrected chi connectivity index (χ4v) is 2.50.